The van der Waals surface area contributed by atoms with Gasteiger partial charge in [0.25, 0.3) is 5.91 Å². The van der Waals surface area contributed by atoms with Gasteiger partial charge in [-0.3, -0.25) is 14.3 Å². The zero-order chi connectivity index (χ0) is 21.8. The van der Waals surface area contributed by atoms with Crippen LogP contribution in [0.15, 0.2) is 24.4 Å². The van der Waals surface area contributed by atoms with E-state index in [2.05, 4.69) is 15.2 Å². The fourth-order valence-corrected chi connectivity index (χ4v) is 2.68. The monoisotopic (exact) mass is 416 g/mol. The molecule has 0 bridgehead atoms. The van der Waals surface area contributed by atoms with E-state index in [0.29, 0.717) is 12.6 Å². The number of carbonyl (C=O) groups is 2. The van der Waals surface area contributed by atoms with Crippen LogP contribution in [0.25, 0.3) is 11.3 Å². The number of aromatic nitrogens is 2. The summed E-state index contributed by atoms with van der Waals surface area (Å²) in [6.45, 7) is 1.64. The fraction of sp³-hybridized carbons (Fsp3) is 0.389. The van der Waals surface area contributed by atoms with Gasteiger partial charge in [-0.1, -0.05) is 6.92 Å². The van der Waals surface area contributed by atoms with Crippen LogP contribution in [0.4, 0.5) is 17.6 Å². The summed E-state index contributed by atoms with van der Waals surface area (Å²) in [6.07, 6.45) is -3.53. The number of benzene rings is 1. The van der Waals surface area contributed by atoms with E-state index < -0.39 is 35.5 Å². The van der Waals surface area contributed by atoms with Crippen molar-refractivity contribution in [3.05, 3.63) is 41.3 Å². The van der Waals surface area contributed by atoms with Crippen molar-refractivity contribution in [1.82, 2.24) is 15.1 Å². The highest BCUT2D eigenvalue weighted by molar-refractivity contribution is 5.95. The van der Waals surface area contributed by atoms with Crippen molar-refractivity contribution in [2.45, 2.75) is 32.1 Å². The molecule has 0 saturated carbocycles. The summed E-state index contributed by atoms with van der Waals surface area (Å²) < 4.78 is 59.8. The lowest BCUT2D eigenvalue weighted by Gasteiger charge is -2.14. The first-order valence-electron chi connectivity index (χ1n) is 8.64. The molecule has 0 aliphatic rings. The SMILES string of the molecule is CCCn1ncc(C(F)(F)F)c1-c1cc(F)cc(C(=O)NC[C@@H](N)C(=O)OC)c1. The number of nitrogens with zero attached hydrogens (tertiary/aromatic N) is 2. The van der Waals surface area contributed by atoms with Crippen molar-refractivity contribution < 1.29 is 31.9 Å². The number of amides is 1. The number of methoxy groups -OCH3 is 1. The second-order valence-electron chi connectivity index (χ2n) is 6.20. The Kier molecular flexibility index (Phi) is 6.96. The van der Waals surface area contributed by atoms with E-state index in [1.807, 2.05) is 0 Å². The predicted molar refractivity (Wildman–Crippen MR) is 95.2 cm³/mol. The van der Waals surface area contributed by atoms with Crippen molar-refractivity contribution in [3.63, 3.8) is 0 Å². The first kappa shape index (κ1) is 22.3. The van der Waals surface area contributed by atoms with Crippen molar-refractivity contribution in [3.8, 4) is 11.3 Å². The standard InChI is InChI=1S/C18H20F4N4O3/c1-3-4-26-15(13(8-25-26)18(20,21)22)10-5-11(7-12(19)6-10)16(27)24-9-14(23)17(28)29-2/h5-8,14H,3-4,9,23H2,1-2H3,(H,24,27)/t14-/m1/s1. The summed E-state index contributed by atoms with van der Waals surface area (Å²) in [7, 11) is 1.13. The number of hydrogen-bond acceptors (Lipinski definition) is 5. The number of halogens is 4. The zero-order valence-electron chi connectivity index (χ0n) is 15.7. The Morgan fingerprint density at radius 3 is 2.59 bits per heavy atom. The summed E-state index contributed by atoms with van der Waals surface area (Å²) in [6, 6.07) is 1.76. The lowest BCUT2D eigenvalue weighted by molar-refractivity contribution is -0.142. The van der Waals surface area contributed by atoms with Crippen LogP contribution in [-0.4, -0.2) is 41.4 Å². The second kappa shape index (κ2) is 9.03. The van der Waals surface area contributed by atoms with E-state index in [4.69, 9.17) is 5.73 Å². The topological polar surface area (TPSA) is 99.2 Å². The number of nitrogens with one attached hydrogen (secondary N) is 1. The first-order valence-corrected chi connectivity index (χ1v) is 8.64. The average molecular weight is 416 g/mol. The van der Waals surface area contributed by atoms with Gasteiger partial charge in [-0.2, -0.15) is 18.3 Å². The molecule has 0 spiro atoms. The largest absolute Gasteiger partial charge is 0.468 e. The van der Waals surface area contributed by atoms with Gasteiger partial charge < -0.3 is 15.8 Å². The number of carbonyl (C=O) groups excluding carboxylic acids is 2. The van der Waals surface area contributed by atoms with Crippen LogP contribution in [0.3, 0.4) is 0 Å². The van der Waals surface area contributed by atoms with Crippen LogP contribution in [0.1, 0.15) is 29.3 Å². The minimum absolute atomic E-state index is 0.148. The molecule has 0 unspecified atom stereocenters. The van der Waals surface area contributed by atoms with Gasteiger partial charge in [0.05, 0.1) is 19.0 Å². The number of esters is 1. The van der Waals surface area contributed by atoms with Crippen LogP contribution < -0.4 is 11.1 Å². The maximum absolute atomic E-state index is 14.1. The Morgan fingerprint density at radius 2 is 2.00 bits per heavy atom. The van der Waals surface area contributed by atoms with E-state index in [-0.39, 0.29) is 29.9 Å². The lowest BCUT2D eigenvalue weighted by Crippen LogP contribution is -2.43. The third-order valence-electron chi connectivity index (χ3n) is 4.00. The van der Waals surface area contributed by atoms with Crippen LogP contribution in [-0.2, 0) is 22.3 Å². The van der Waals surface area contributed by atoms with Crippen LogP contribution in [0.5, 0.6) is 0 Å². The number of alkyl halides is 3. The number of aryl methyl sites for hydroxylation is 1. The maximum Gasteiger partial charge on any atom is 0.420 e. The van der Waals surface area contributed by atoms with Crippen LogP contribution in [0, 0.1) is 5.82 Å². The number of rotatable bonds is 7. The molecule has 29 heavy (non-hydrogen) atoms. The van der Waals surface area contributed by atoms with Crippen molar-refractivity contribution in [1.29, 1.82) is 0 Å². The third-order valence-corrected chi connectivity index (χ3v) is 4.00. The molecular weight excluding hydrogens is 396 g/mol. The molecule has 2 rings (SSSR count). The highest BCUT2D eigenvalue weighted by Gasteiger charge is 2.37. The van der Waals surface area contributed by atoms with Crippen LogP contribution >= 0.6 is 0 Å². The Hall–Kier alpha value is -2.95. The van der Waals surface area contributed by atoms with Gasteiger partial charge in [0.15, 0.2) is 0 Å². The summed E-state index contributed by atoms with van der Waals surface area (Å²) >= 11 is 0. The molecule has 3 N–H and O–H groups in total. The minimum Gasteiger partial charge on any atom is -0.468 e. The highest BCUT2D eigenvalue weighted by Crippen LogP contribution is 2.37. The second-order valence-corrected chi connectivity index (χ2v) is 6.20. The Balaban J connectivity index is 2.40. The Morgan fingerprint density at radius 1 is 1.31 bits per heavy atom. The molecule has 1 aromatic carbocycles. The molecule has 1 heterocycles. The molecule has 1 aromatic heterocycles. The van der Waals surface area contributed by atoms with Crippen molar-refractivity contribution in [2.75, 3.05) is 13.7 Å². The molecule has 1 atom stereocenters. The van der Waals surface area contributed by atoms with Crippen molar-refractivity contribution in [2.24, 2.45) is 5.73 Å². The quantitative estimate of drug-likeness (QED) is 0.533. The molecule has 0 aliphatic carbocycles. The van der Waals surface area contributed by atoms with E-state index in [9.17, 15) is 27.2 Å². The van der Waals surface area contributed by atoms with Gasteiger partial charge in [0.2, 0.25) is 0 Å². The van der Waals surface area contributed by atoms with E-state index in [1.54, 1.807) is 6.92 Å². The Bertz CT molecular complexity index is 896. The summed E-state index contributed by atoms with van der Waals surface area (Å²) in [5.41, 5.74) is 3.77. The molecule has 158 valence electrons. The predicted octanol–water partition coefficient (Wildman–Crippen LogP) is 2.35. The zero-order valence-corrected chi connectivity index (χ0v) is 15.7. The normalized spacial score (nSPS) is 12.5. The summed E-state index contributed by atoms with van der Waals surface area (Å²) in [4.78, 5) is 23.6. The van der Waals surface area contributed by atoms with E-state index in [1.165, 1.54) is 0 Å². The fourth-order valence-electron chi connectivity index (χ4n) is 2.68. The maximum atomic E-state index is 14.1. The van der Waals surface area contributed by atoms with Gasteiger partial charge in [0.1, 0.15) is 17.4 Å². The lowest BCUT2D eigenvalue weighted by atomic mass is 10.0. The highest BCUT2D eigenvalue weighted by atomic mass is 19.4. The molecule has 0 aliphatic heterocycles. The van der Waals surface area contributed by atoms with Gasteiger partial charge in [0, 0.05) is 24.2 Å². The first-order chi connectivity index (χ1) is 13.6. The molecule has 7 nitrogen and oxygen atoms in total. The number of hydrogen-bond donors (Lipinski definition) is 2. The summed E-state index contributed by atoms with van der Waals surface area (Å²) in [5.74, 6) is -2.47. The van der Waals surface area contributed by atoms with Crippen molar-refractivity contribution >= 4 is 11.9 Å². The molecule has 0 radical (unpaired) electrons. The average Bonchev–Trinajstić information content (AvgIpc) is 3.09. The van der Waals surface area contributed by atoms with Gasteiger partial charge in [-0.15, -0.1) is 0 Å². The van der Waals surface area contributed by atoms with Crippen LogP contribution in [0.2, 0.25) is 0 Å². The molecule has 0 fully saturated rings. The third kappa shape index (κ3) is 5.31. The van der Waals surface area contributed by atoms with E-state index >= 15 is 0 Å². The molecule has 1 amide bonds. The Labute approximate surface area is 163 Å². The smallest absolute Gasteiger partial charge is 0.420 e. The summed E-state index contributed by atoms with van der Waals surface area (Å²) in [5, 5.41) is 6.07. The molecule has 2 aromatic rings. The molecular formula is C18H20F4N4O3. The molecule has 11 heteroatoms. The van der Waals surface area contributed by atoms with Gasteiger partial charge in [-0.05, 0) is 24.6 Å². The number of ether oxygens (including phenoxy) is 1. The van der Waals surface area contributed by atoms with Gasteiger partial charge >= 0.3 is 12.1 Å². The number of nitrogens with two attached hydrogens (primary N) is 1. The molecule has 0 saturated heterocycles. The van der Waals surface area contributed by atoms with E-state index in [0.717, 1.165) is 30.0 Å². The minimum atomic E-state index is -4.71. The van der Waals surface area contributed by atoms with Gasteiger partial charge in [-0.25, -0.2) is 4.39 Å².